The van der Waals surface area contributed by atoms with Crippen molar-refractivity contribution in [3.63, 3.8) is 0 Å². The normalized spacial score (nSPS) is 11.0. The van der Waals surface area contributed by atoms with Gasteiger partial charge in [-0.15, -0.1) is 11.8 Å². The van der Waals surface area contributed by atoms with Crippen LogP contribution < -0.4 is 15.6 Å². The molecule has 1 N–H and O–H groups in total. The van der Waals surface area contributed by atoms with Gasteiger partial charge >= 0.3 is 0 Å². The Morgan fingerprint density at radius 2 is 2.00 bits per heavy atom. The average molecular weight is 481 g/mol. The number of hydrogen-bond acceptors (Lipinski definition) is 7. The van der Waals surface area contributed by atoms with Gasteiger partial charge in [-0.25, -0.2) is 4.98 Å². The minimum atomic E-state index is -0.218. The lowest BCUT2D eigenvalue weighted by Crippen LogP contribution is -2.16. The van der Waals surface area contributed by atoms with E-state index in [1.165, 1.54) is 39.2 Å². The van der Waals surface area contributed by atoms with Crippen molar-refractivity contribution in [2.45, 2.75) is 38.2 Å². The molecule has 2 aromatic heterocycles. The Hall–Kier alpha value is -3.17. The van der Waals surface area contributed by atoms with E-state index in [0.29, 0.717) is 27.8 Å². The number of rotatable bonds is 9. The molecule has 0 saturated carbocycles. The SMILES string of the molecule is CCCc1nn2c(=O)cc(COc3cccc(NC(=O)CSc4ccc(C)cc4)c3)nc2s1. The summed E-state index contributed by atoms with van der Waals surface area (Å²) in [5, 5.41) is 8.10. The maximum absolute atomic E-state index is 12.3. The number of ether oxygens (including phenoxy) is 1. The van der Waals surface area contributed by atoms with Gasteiger partial charge in [0, 0.05) is 29.1 Å². The van der Waals surface area contributed by atoms with Crippen LogP contribution >= 0.6 is 23.1 Å². The van der Waals surface area contributed by atoms with Crippen LogP contribution in [0, 0.1) is 6.92 Å². The Bertz CT molecular complexity index is 1320. The number of anilines is 1. The highest BCUT2D eigenvalue weighted by Crippen LogP contribution is 2.21. The number of carbonyl (C=O) groups is 1. The smallest absolute Gasteiger partial charge is 0.275 e. The largest absolute Gasteiger partial charge is 0.487 e. The molecule has 0 fully saturated rings. The number of carbonyl (C=O) groups excluding carboxylic acids is 1. The number of hydrogen-bond donors (Lipinski definition) is 1. The highest BCUT2D eigenvalue weighted by atomic mass is 32.2. The van der Waals surface area contributed by atoms with Crippen LogP contribution in [-0.2, 0) is 17.8 Å². The van der Waals surface area contributed by atoms with Crippen molar-refractivity contribution in [2.24, 2.45) is 0 Å². The van der Waals surface area contributed by atoms with E-state index in [1.807, 2.05) is 43.3 Å². The first-order valence-electron chi connectivity index (χ1n) is 10.6. The summed E-state index contributed by atoms with van der Waals surface area (Å²) in [6, 6.07) is 16.7. The van der Waals surface area contributed by atoms with Crippen LogP contribution in [-0.4, -0.2) is 26.3 Å². The molecular formula is C24H24N4O3S2. The zero-order valence-electron chi connectivity index (χ0n) is 18.4. The molecule has 0 aliphatic heterocycles. The predicted molar refractivity (Wildman–Crippen MR) is 132 cm³/mol. The van der Waals surface area contributed by atoms with Gasteiger partial charge in [0.25, 0.3) is 5.56 Å². The fraction of sp³-hybridized carbons (Fsp3) is 0.250. The fourth-order valence-corrected chi connectivity index (χ4v) is 4.80. The Morgan fingerprint density at radius 1 is 1.18 bits per heavy atom. The van der Waals surface area contributed by atoms with E-state index >= 15 is 0 Å². The summed E-state index contributed by atoms with van der Waals surface area (Å²) in [6.07, 6.45) is 1.78. The molecule has 170 valence electrons. The third kappa shape index (κ3) is 6.21. The van der Waals surface area contributed by atoms with Gasteiger partial charge in [0.2, 0.25) is 10.9 Å². The van der Waals surface area contributed by atoms with Gasteiger partial charge in [0.1, 0.15) is 17.4 Å². The summed E-state index contributed by atoms with van der Waals surface area (Å²) < 4.78 is 7.17. The second kappa shape index (κ2) is 10.6. The fourth-order valence-electron chi connectivity index (χ4n) is 3.09. The van der Waals surface area contributed by atoms with Gasteiger partial charge in [-0.3, -0.25) is 9.59 Å². The topological polar surface area (TPSA) is 85.6 Å². The van der Waals surface area contributed by atoms with E-state index in [9.17, 15) is 9.59 Å². The van der Waals surface area contributed by atoms with Crippen LogP contribution in [0.15, 0.2) is 64.3 Å². The molecule has 0 bridgehead atoms. The second-order valence-electron chi connectivity index (χ2n) is 7.49. The van der Waals surface area contributed by atoms with Gasteiger partial charge in [-0.05, 0) is 37.6 Å². The molecule has 0 atom stereocenters. The van der Waals surface area contributed by atoms with Crippen molar-refractivity contribution in [3.05, 3.63) is 81.2 Å². The molecule has 2 aromatic carbocycles. The third-order valence-electron chi connectivity index (χ3n) is 4.70. The summed E-state index contributed by atoms with van der Waals surface area (Å²) in [6.45, 7) is 4.25. The highest BCUT2D eigenvalue weighted by molar-refractivity contribution is 8.00. The Balaban J connectivity index is 1.35. The van der Waals surface area contributed by atoms with Gasteiger partial charge in [-0.2, -0.15) is 9.61 Å². The average Bonchev–Trinajstić information content (AvgIpc) is 3.21. The zero-order valence-corrected chi connectivity index (χ0v) is 20.0. The Morgan fingerprint density at radius 3 is 2.79 bits per heavy atom. The van der Waals surface area contributed by atoms with Gasteiger partial charge in [0.15, 0.2) is 0 Å². The third-order valence-corrected chi connectivity index (χ3v) is 6.68. The van der Waals surface area contributed by atoms with Gasteiger partial charge in [-0.1, -0.05) is 42.0 Å². The summed E-state index contributed by atoms with van der Waals surface area (Å²) in [5.41, 5.74) is 2.16. The van der Waals surface area contributed by atoms with Crippen molar-refractivity contribution < 1.29 is 9.53 Å². The molecule has 33 heavy (non-hydrogen) atoms. The van der Waals surface area contributed by atoms with Crippen molar-refractivity contribution in [3.8, 4) is 5.75 Å². The molecule has 1 amide bonds. The minimum absolute atomic E-state index is 0.0917. The van der Waals surface area contributed by atoms with Crippen molar-refractivity contribution in [2.75, 3.05) is 11.1 Å². The molecule has 0 aliphatic rings. The molecule has 0 radical (unpaired) electrons. The standard InChI is InChI=1S/C24H24N4O3S2/c1-3-5-22-27-28-23(30)13-18(26-24(28)33-22)14-31-19-7-4-6-17(12-19)25-21(29)15-32-20-10-8-16(2)9-11-20/h4,6-13H,3,5,14-15H2,1-2H3,(H,25,29). The molecule has 7 nitrogen and oxygen atoms in total. The summed E-state index contributed by atoms with van der Waals surface area (Å²) in [5.74, 6) is 0.805. The van der Waals surface area contributed by atoms with Crippen molar-refractivity contribution in [1.82, 2.24) is 14.6 Å². The quantitative estimate of drug-likeness (QED) is 0.349. The first kappa shape index (κ1) is 23.0. The lowest BCUT2D eigenvalue weighted by Gasteiger charge is -2.09. The number of thioether (sulfide) groups is 1. The van der Waals surface area contributed by atoms with Gasteiger partial charge in [0.05, 0.1) is 11.4 Å². The van der Waals surface area contributed by atoms with Crippen LogP contribution in [0.1, 0.15) is 29.6 Å². The zero-order chi connectivity index (χ0) is 23.2. The number of fused-ring (bicyclic) bond motifs is 1. The van der Waals surface area contributed by atoms with Crippen LogP contribution in [0.3, 0.4) is 0 Å². The molecule has 4 rings (SSSR count). The van der Waals surface area contributed by atoms with Crippen LogP contribution in [0.25, 0.3) is 4.96 Å². The lowest BCUT2D eigenvalue weighted by molar-refractivity contribution is -0.113. The molecule has 0 saturated heterocycles. The monoisotopic (exact) mass is 480 g/mol. The number of nitrogens with zero attached hydrogens (tertiary/aromatic N) is 3. The molecule has 2 heterocycles. The van der Waals surface area contributed by atoms with Crippen LogP contribution in [0.4, 0.5) is 5.69 Å². The molecule has 0 spiro atoms. The van der Waals surface area contributed by atoms with Crippen LogP contribution in [0.5, 0.6) is 5.75 Å². The first-order chi connectivity index (χ1) is 16.0. The van der Waals surface area contributed by atoms with E-state index in [-0.39, 0.29) is 18.1 Å². The van der Waals surface area contributed by atoms with Crippen LogP contribution in [0.2, 0.25) is 0 Å². The minimum Gasteiger partial charge on any atom is -0.487 e. The van der Waals surface area contributed by atoms with E-state index in [0.717, 1.165) is 22.7 Å². The number of aromatic nitrogens is 3. The first-order valence-corrected chi connectivity index (χ1v) is 12.4. The van der Waals surface area contributed by atoms with E-state index in [2.05, 4.69) is 22.3 Å². The van der Waals surface area contributed by atoms with Crippen molar-refractivity contribution >= 4 is 39.7 Å². The summed E-state index contributed by atoms with van der Waals surface area (Å²) in [7, 11) is 0. The maximum Gasteiger partial charge on any atom is 0.275 e. The Labute approximate surface area is 199 Å². The predicted octanol–water partition coefficient (Wildman–Crippen LogP) is 4.72. The molecular weight excluding hydrogens is 456 g/mol. The number of amides is 1. The summed E-state index contributed by atoms with van der Waals surface area (Å²) >= 11 is 2.91. The lowest BCUT2D eigenvalue weighted by atomic mass is 10.2. The molecule has 0 aliphatic carbocycles. The Kier molecular flexibility index (Phi) is 7.41. The van der Waals surface area contributed by atoms with Gasteiger partial charge < -0.3 is 10.1 Å². The van der Waals surface area contributed by atoms with E-state index in [4.69, 9.17) is 4.74 Å². The highest BCUT2D eigenvalue weighted by Gasteiger charge is 2.10. The molecule has 9 heteroatoms. The number of nitrogens with one attached hydrogen (secondary N) is 1. The van der Waals surface area contributed by atoms with Crippen molar-refractivity contribution in [1.29, 1.82) is 0 Å². The van der Waals surface area contributed by atoms with E-state index in [1.54, 1.807) is 12.1 Å². The summed E-state index contributed by atoms with van der Waals surface area (Å²) in [4.78, 5) is 30.8. The number of aryl methyl sites for hydroxylation is 2. The maximum atomic E-state index is 12.3. The molecule has 0 unspecified atom stereocenters. The number of benzene rings is 2. The molecule has 4 aromatic rings. The van der Waals surface area contributed by atoms with E-state index < -0.39 is 0 Å². The second-order valence-corrected chi connectivity index (χ2v) is 9.58.